The summed E-state index contributed by atoms with van der Waals surface area (Å²) in [5.74, 6) is -0.244. The summed E-state index contributed by atoms with van der Waals surface area (Å²) in [4.78, 5) is 52.1. The van der Waals surface area contributed by atoms with Crippen LogP contribution < -0.4 is 10.6 Å². The highest BCUT2D eigenvalue weighted by Gasteiger charge is 2.34. The minimum atomic E-state index is -4.66. The number of rotatable bonds is 4. The van der Waals surface area contributed by atoms with Gasteiger partial charge in [-0.3, -0.25) is 9.59 Å². The molecule has 3 aliphatic rings. The lowest BCUT2D eigenvalue weighted by Gasteiger charge is -2.33. The first-order chi connectivity index (χ1) is 21.9. The summed E-state index contributed by atoms with van der Waals surface area (Å²) in [6.07, 6.45) is -3.09. The summed E-state index contributed by atoms with van der Waals surface area (Å²) in [6, 6.07) is 5.78. The number of hydrogen-bond acceptors (Lipinski definition) is 5. The maximum Gasteiger partial charge on any atom is 0.417 e. The Hall–Kier alpha value is -3.81. The topological polar surface area (TPSA) is 104 Å². The Morgan fingerprint density at radius 1 is 0.891 bits per heavy atom. The lowest BCUT2D eigenvalue weighted by molar-refractivity contribution is -0.137. The van der Waals surface area contributed by atoms with E-state index in [1.807, 2.05) is 30.0 Å². The fraction of sp³-hybridized carbons (Fsp3) is 0.469. The van der Waals surface area contributed by atoms with Gasteiger partial charge in [-0.2, -0.15) is 13.2 Å². The molecule has 2 fully saturated rings. The number of nitrogens with one attached hydrogen (secondary N) is 3. The molecule has 14 heteroatoms. The number of fused-ring (bicyclic) bond motifs is 3. The molecule has 2 aromatic carbocycles. The third-order valence-electron chi connectivity index (χ3n) is 9.21. The Balaban J connectivity index is 1.27. The summed E-state index contributed by atoms with van der Waals surface area (Å²) in [5.41, 5.74) is 2.40. The molecule has 1 aromatic heterocycles. The van der Waals surface area contributed by atoms with Crippen LogP contribution in [0.1, 0.15) is 44.0 Å². The van der Waals surface area contributed by atoms with E-state index < -0.39 is 22.8 Å². The van der Waals surface area contributed by atoms with Crippen LogP contribution in [0.3, 0.4) is 0 Å². The number of alkyl halides is 3. The number of carbonyl (C=O) groups is 3. The van der Waals surface area contributed by atoms with Crippen molar-refractivity contribution < 1.29 is 27.6 Å². The van der Waals surface area contributed by atoms with Crippen molar-refractivity contribution in [3.05, 3.63) is 63.3 Å². The second kappa shape index (κ2) is 12.8. The van der Waals surface area contributed by atoms with Crippen molar-refractivity contribution in [1.29, 1.82) is 0 Å². The number of amides is 4. The highest BCUT2D eigenvalue weighted by atomic mass is 35.5. The SMILES string of the molecule is CN1CCN(C(=O)c2cc(C(=O)N3CCN(C)CC3)c3c4c([nH]c3c2)CCC(NC(=O)Nc2ccc(Cl)c(C(F)(F)F)c2)C4)CC1. The third kappa shape index (κ3) is 6.67. The van der Waals surface area contributed by atoms with Gasteiger partial charge in [-0.05, 0) is 69.3 Å². The van der Waals surface area contributed by atoms with Crippen LogP contribution in [-0.2, 0) is 19.0 Å². The van der Waals surface area contributed by atoms with Crippen LogP contribution in [0.25, 0.3) is 10.9 Å². The number of aromatic amines is 1. The molecular weight excluding hydrogens is 623 g/mol. The number of benzene rings is 2. The molecular formula is C32H37ClF3N7O3. The number of anilines is 1. The zero-order valence-electron chi connectivity index (χ0n) is 25.8. The molecule has 6 rings (SSSR count). The lowest BCUT2D eigenvalue weighted by atomic mass is 9.89. The van der Waals surface area contributed by atoms with Crippen LogP contribution in [0.15, 0.2) is 30.3 Å². The van der Waals surface area contributed by atoms with E-state index in [0.717, 1.165) is 55.0 Å². The molecule has 3 N–H and O–H groups in total. The van der Waals surface area contributed by atoms with Gasteiger partial charge < -0.3 is 35.2 Å². The molecule has 3 aromatic rings. The largest absolute Gasteiger partial charge is 0.417 e. The number of aromatic nitrogens is 1. The van der Waals surface area contributed by atoms with Gasteiger partial charge in [-0.15, -0.1) is 0 Å². The van der Waals surface area contributed by atoms with Crippen molar-refractivity contribution in [2.45, 2.75) is 31.5 Å². The zero-order chi connectivity index (χ0) is 32.7. The Kier molecular flexibility index (Phi) is 8.92. The number of H-pyrrole nitrogens is 1. The Labute approximate surface area is 269 Å². The molecule has 0 radical (unpaired) electrons. The minimum Gasteiger partial charge on any atom is -0.358 e. The van der Waals surface area contributed by atoms with E-state index in [1.54, 1.807) is 6.07 Å². The summed E-state index contributed by atoms with van der Waals surface area (Å²) < 4.78 is 39.9. The van der Waals surface area contributed by atoms with Crippen LogP contribution in [-0.4, -0.2) is 115 Å². The Bertz CT molecular complexity index is 1660. The fourth-order valence-corrected chi connectivity index (χ4v) is 6.75. The molecule has 0 bridgehead atoms. The number of likely N-dealkylation sites (N-methyl/N-ethyl adjacent to an activating group) is 2. The predicted octanol–water partition coefficient (Wildman–Crippen LogP) is 4.29. The third-order valence-corrected chi connectivity index (χ3v) is 9.54. The van der Waals surface area contributed by atoms with Gasteiger partial charge in [0.1, 0.15) is 0 Å². The van der Waals surface area contributed by atoms with Crippen LogP contribution in [0.4, 0.5) is 23.7 Å². The standard InChI is InChI=1S/C32H37ClF3N7O3/c1-40-7-11-42(12-8-40)29(44)19-15-23(30(45)43-13-9-41(2)10-14-43)28-22-17-20(4-6-26(22)39-27(28)16-19)37-31(46)38-21-3-5-25(33)24(18-21)32(34,35)36/h3,5,15-16,18,20,39H,4,6-14,17H2,1-2H3,(H2,37,38,46). The Morgan fingerprint density at radius 2 is 1.52 bits per heavy atom. The van der Waals surface area contributed by atoms with E-state index in [1.165, 1.54) is 6.07 Å². The maximum absolute atomic E-state index is 14.1. The summed E-state index contributed by atoms with van der Waals surface area (Å²) in [7, 11) is 4.04. The second-order valence-electron chi connectivity index (χ2n) is 12.4. The van der Waals surface area contributed by atoms with Crippen molar-refractivity contribution >= 4 is 46.0 Å². The molecule has 1 unspecified atom stereocenters. The molecule has 1 atom stereocenters. The normalized spacial score (nSPS) is 19.7. The molecule has 1 aliphatic carbocycles. The Morgan fingerprint density at radius 3 is 2.15 bits per heavy atom. The molecule has 46 heavy (non-hydrogen) atoms. The zero-order valence-corrected chi connectivity index (χ0v) is 26.5. The monoisotopic (exact) mass is 659 g/mol. The molecule has 2 saturated heterocycles. The average Bonchev–Trinajstić information content (AvgIpc) is 3.39. The van der Waals surface area contributed by atoms with Crippen LogP contribution in [0.5, 0.6) is 0 Å². The van der Waals surface area contributed by atoms with Crippen molar-refractivity contribution in [3.8, 4) is 0 Å². The number of aryl methyl sites for hydroxylation is 1. The van der Waals surface area contributed by atoms with Crippen molar-refractivity contribution in [1.82, 2.24) is 29.9 Å². The van der Waals surface area contributed by atoms with Crippen LogP contribution in [0.2, 0.25) is 5.02 Å². The van der Waals surface area contributed by atoms with E-state index in [2.05, 4.69) is 25.4 Å². The van der Waals surface area contributed by atoms with Crippen LogP contribution >= 0.6 is 11.6 Å². The first-order valence-corrected chi connectivity index (χ1v) is 15.8. The number of urea groups is 1. The summed E-state index contributed by atoms with van der Waals surface area (Å²) in [6.45, 7) is 5.43. The van der Waals surface area contributed by atoms with Gasteiger partial charge in [0.15, 0.2) is 0 Å². The lowest BCUT2D eigenvalue weighted by Crippen LogP contribution is -2.47. The second-order valence-corrected chi connectivity index (χ2v) is 12.9. The minimum absolute atomic E-state index is 0.0320. The molecule has 10 nitrogen and oxygen atoms in total. The first kappa shape index (κ1) is 32.1. The summed E-state index contributed by atoms with van der Waals surface area (Å²) in [5, 5.41) is 5.67. The van der Waals surface area contributed by atoms with E-state index in [4.69, 9.17) is 11.6 Å². The van der Waals surface area contributed by atoms with Gasteiger partial charge in [-0.25, -0.2) is 4.79 Å². The van der Waals surface area contributed by atoms with Gasteiger partial charge >= 0.3 is 12.2 Å². The molecule has 2 aliphatic heterocycles. The average molecular weight is 660 g/mol. The fourth-order valence-electron chi connectivity index (χ4n) is 6.52. The molecule has 3 heterocycles. The molecule has 246 valence electrons. The quantitative estimate of drug-likeness (QED) is 0.388. The van der Waals surface area contributed by atoms with E-state index >= 15 is 0 Å². The van der Waals surface area contributed by atoms with Gasteiger partial charge in [-0.1, -0.05) is 11.6 Å². The van der Waals surface area contributed by atoms with Crippen LogP contribution in [0, 0.1) is 0 Å². The van der Waals surface area contributed by atoms with Gasteiger partial charge in [0, 0.05) is 91.8 Å². The predicted molar refractivity (Wildman–Crippen MR) is 170 cm³/mol. The van der Waals surface area contributed by atoms with E-state index in [-0.39, 0.29) is 23.5 Å². The molecule has 0 spiro atoms. The van der Waals surface area contributed by atoms with Crippen molar-refractivity contribution in [2.24, 2.45) is 0 Å². The number of carbonyl (C=O) groups excluding carboxylic acids is 3. The number of halogens is 4. The maximum atomic E-state index is 14.1. The highest BCUT2D eigenvalue weighted by molar-refractivity contribution is 6.31. The first-order valence-electron chi connectivity index (χ1n) is 15.4. The van der Waals surface area contributed by atoms with Crippen molar-refractivity contribution in [2.75, 3.05) is 71.8 Å². The van der Waals surface area contributed by atoms with Crippen molar-refractivity contribution in [3.63, 3.8) is 0 Å². The number of nitrogens with zero attached hydrogens (tertiary/aromatic N) is 4. The van der Waals surface area contributed by atoms with E-state index in [9.17, 15) is 27.6 Å². The van der Waals surface area contributed by atoms with Gasteiger partial charge in [0.2, 0.25) is 0 Å². The summed E-state index contributed by atoms with van der Waals surface area (Å²) >= 11 is 5.72. The smallest absolute Gasteiger partial charge is 0.358 e. The number of piperazine rings is 2. The van der Waals surface area contributed by atoms with E-state index in [0.29, 0.717) is 62.1 Å². The number of hydrogen-bond donors (Lipinski definition) is 3. The van der Waals surface area contributed by atoms with Gasteiger partial charge in [0.25, 0.3) is 11.8 Å². The highest BCUT2D eigenvalue weighted by Crippen LogP contribution is 2.37. The van der Waals surface area contributed by atoms with Gasteiger partial charge in [0.05, 0.1) is 10.6 Å². The molecule has 4 amide bonds. The molecule has 0 saturated carbocycles.